The summed E-state index contributed by atoms with van der Waals surface area (Å²) in [6.07, 6.45) is 0. The van der Waals surface area contributed by atoms with Gasteiger partial charge in [-0.15, -0.1) is 0 Å². The molecule has 0 rings (SSSR count). The van der Waals surface area contributed by atoms with Gasteiger partial charge in [-0.2, -0.15) is 0 Å². The van der Waals surface area contributed by atoms with Crippen LogP contribution < -0.4 is 5.32 Å². The van der Waals surface area contributed by atoms with Gasteiger partial charge in [-0.05, 0) is 13.6 Å². The Morgan fingerprint density at radius 3 is 1.64 bits per heavy atom. The van der Waals surface area contributed by atoms with Crippen LogP contribution in [-0.2, 0) is 13.4 Å². The average molecular weight is 205 g/mol. The molecule has 0 saturated heterocycles. The summed E-state index contributed by atoms with van der Waals surface area (Å²) >= 11 is 0. The molecule has 0 spiro atoms. The minimum absolute atomic E-state index is 1.07. The largest absolute Gasteiger partial charge is 0.326 e. The zero-order chi connectivity index (χ0) is 9.28. The van der Waals surface area contributed by atoms with Crippen molar-refractivity contribution in [3.63, 3.8) is 0 Å². The maximum Gasteiger partial charge on any atom is 0.323 e. The Kier molecular flexibility index (Phi) is 13.0. The van der Waals surface area contributed by atoms with Crippen LogP contribution in [0.3, 0.4) is 0 Å². The predicted molar refractivity (Wildman–Crippen MR) is 43.1 cm³/mol. The molecule has 6 nitrogen and oxygen atoms in total. The van der Waals surface area contributed by atoms with Crippen molar-refractivity contribution in [3.05, 3.63) is 0 Å². The van der Waals surface area contributed by atoms with Gasteiger partial charge in [-0.25, -0.2) is 4.31 Å². The third-order valence-electron chi connectivity index (χ3n) is 0.528. The second kappa shape index (κ2) is 10.3. The number of hydrogen-bond acceptors (Lipinski definition) is 4. The van der Waals surface area contributed by atoms with Crippen LogP contribution >= 0.6 is 16.5 Å². The Labute approximate surface area is 66.5 Å². The molecule has 2 unspecified atom stereocenters. The van der Waals surface area contributed by atoms with Crippen LogP contribution in [-0.4, -0.2) is 23.4 Å². The van der Waals surface area contributed by atoms with E-state index in [1.165, 1.54) is 0 Å². The summed E-state index contributed by atoms with van der Waals surface area (Å²) in [6.45, 7) is 3.14. The quantitative estimate of drug-likeness (QED) is 0.561. The SMILES string of the molecule is CCNC.O=[PH](O)O[PH](=O)O. The van der Waals surface area contributed by atoms with Crippen molar-refractivity contribution in [2.75, 3.05) is 13.6 Å². The topological polar surface area (TPSA) is 95.9 Å². The standard InChI is InChI=1S/C3H9N.H4O5P2/c1-3-4-2;1-6(2)5-7(3)4/h4H,3H2,1-2H3;6-7H,(H,1,2)(H,3,4). The third-order valence-corrected chi connectivity index (χ3v) is 1.93. The highest BCUT2D eigenvalue weighted by Crippen LogP contribution is 2.30. The van der Waals surface area contributed by atoms with Gasteiger partial charge in [0.15, 0.2) is 0 Å². The summed E-state index contributed by atoms with van der Waals surface area (Å²) in [5.41, 5.74) is 0. The van der Waals surface area contributed by atoms with Gasteiger partial charge >= 0.3 is 16.5 Å². The number of nitrogens with one attached hydrogen (secondary N) is 1. The maximum absolute atomic E-state index is 9.44. The minimum Gasteiger partial charge on any atom is -0.326 e. The molecule has 0 aromatic rings. The highest BCUT2D eigenvalue weighted by atomic mass is 31.2. The number of hydrogen-bond donors (Lipinski definition) is 3. The summed E-state index contributed by atoms with van der Waals surface area (Å²) in [5.74, 6) is 0. The van der Waals surface area contributed by atoms with Crippen molar-refractivity contribution in [1.29, 1.82) is 0 Å². The molecule has 0 amide bonds. The first-order valence-corrected chi connectivity index (χ1v) is 5.35. The van der Waals surface area contributed by atoms with Crippen molar-refractivity contribution in [2.45, 2.75) is 6.92 Å². The van der Waals surface area contributed by atoms with Crippen molar-refractivity contribution in [3.8, 4) is 0 Å². The molecular weight excluding hydrogens is 192 g/mol. The molecule has 0 saturated carbocycles. The van der Waals surface area contributed by atoms with Crippen molar-refractivity contribution >= 4 is 16.5 Å². The Balaban J connectivity index is 0. The second-order valence-electron chi connectivity index (χ2n) is 1.34. The van der Waals surface area contributed by atoms with Crippen LogP contribution in [0.5, 0.6) is 0 Å². The fourth-order valence-electron chi connectivity index (χ4n) is 0.0747. The van der Waals surface area contributed by atoms with Gasteiger partial charge in [0, 0.05) is 0 Å². The van der Waals surface area contributed by atoms with E-state index in [1.807, 2.05) is 7.05 Å². The molecule has 0 aliphatic heterocycles. The van der Waals surface area contributed by atoms with Gasteiger partial charge in [0.1, 0.15) is 0 Å². The van der Waals surface area contributed by atoms with E-state index >= 15 is 0 Å². The van der Waals surface area contributed by atoms with Crippen LogP contribution in [0.25, 0.3) is 0 Å². The molecule has 0 heterocycles. The third kappa shape index (κ3) is 25.3. The van der Waals surface area contributed by atoms with E-state index in [-0.39, 0.29) is 0 Å². The molecule has 0 aliphatic carbocycles. The van der Waals surface area contributed by atoms with E-state index in [0.29, 0.717) is 0 Å². The van der Waals surface area contributed by atoms with Crippen LogP contribution in [0.2, 0.25) is 0 Å². The normalized spacial score (nSPS) is 14.5. The Bertz CT molecular complexity index is 115. The molecule has 0 aromatic carbocycles. The van der Waals surface area contributed by atoms with E-state index in [4.69, 9.17) is 9.79 Å². The molecule has 0 aliphatic rings. The summed E-state index contributed by atoms with van der Waals surface area (Å²) in [5, 5.41) is 2.93. The lowest BCUT2D eigenvalue weighted by Crippen LogP contribution is -2.01. The highest BCUT2D eigenvalue weighted by Gasteiger charge is 1.93. The molecule has 70 valence electrons. The molecule has 0 bridgehead atoms. The maximum atomic E-state index is 9.44. The van der Waals surface area contributed by atoms with E-state index < -0.39 is 16.5 Å². The Morgan fingerprint density at radius 2 is 1.64 bits per heavy atom. The Hall–Kier alpha value is 0.300. The minimum atomic E-state index is -3.20. The first-order valence-electron chi connectivity index (χ1n) is 2.82. The smallest absolute Gasteiger partial charge is 0.323 e. The lowest BCUT2D eigenvalue weighted by atomic mass is 10.8. The van der Waals surface area contributed by atoms with Crippen molar-refractivity contribution < 1.29 is 23.2 Å². The Morgan fingerprint density at radius 1 is 1.36 bits per heavy atom. The van der Waals surface area contributed by atoms with Gasteiger partial charge in [0.05, 0.1) is 0 Å². The number of rotatable bonds is 3. The fraction of sp³-hybridized carbons (Fsp3) is 1.00. The summed E-state index contributed by atoms with van der Waals surface area (Å²) in [4.78, 5) is 15.4. The molecule has 3 N–H and O–H groups in total. The molecule has 2 atom stereocenters. The van der Waals surface area contributed by atoms with Gasteiger partial charge < -0.3 is 15.1 Å². The van der Waals surface area contributed by atoms with Gasteiger partial charge in [-0.3, -0.25) is 9.13 Å². The van der Waals surface area contributed by atoms with Crippen molar-refractivity contribution in [2.24, 2.45) is 0 Å². The van der Waals surface area contributed by atoms with Gasteiger partial charge in [0.2, 0.25) is 0 Å². The summed E-state index contributed by atoms with van der Waals surface area (Å²) < 4.78 is 22.3. The predicted octanol–water partition coefficient (Wildman–Crippen LogP) is -0.00730. The summed E-state index contributed by atoms with van der Waals surface area (Å²) in [7, 11) is -4.47. The zero-order valence-corrected chi connectivity index (χ0v) is 8.33. The molecule has 0 fully saturated rings. The molecule has 11 heavy (non-hydrogen) atoms. The first kappa shape index (κ1) is 13.9. The monoisotopic (exact) mass is 205 g/mol. The van der Waals surface area contributed by atoms with Crippen LogP contribution in [0, 0.1) is 0 Å². The first-order chi connectivity index (χ1) is 5.04. The van der Waals surface area contributed by atoms with E-state index in [2.05, 4.69) is 16.6 Å². The highest BCUT2D eigenvalue weighted by molar-refractivity contribution is 7.46. The van der Waals surface area contributed by atoms with Gasteiger partial charge in [0.25, 0.3) is 0 Å². The second-order valence-corrected chi connectivity index (χ2v) is 3.22. The van der Waals surface area contributed by atoms with Crippen LogP contribution in [0.15, 0.2) is 0 Å². The van der Waals surface area contributed by atoms with Crippen LogP contribution in [0.1, 0.15) is 6.92 Å². The lowest BCUT2D eigenvalue weighted by molar-refractivity contribution is 0.371. The van der Waals surface area contributed by atoms with E-state index in [1.54, 1.807) is 0 Å². The van der Waals surface area contributed by atoms with Crippen molar-refractivity contribution in [1.82, 2.24) is 5.32 Å². The molecule has 0 radical (unpaired) electrons. The lowest BCUT2D eigenvalue weighted by Gasteiger charge is -1.86. The van der Waals surface area contributed by atoms with Gasteiger partial charge in [-0.1, -0.05) is 6.92 Å². The van der Waals surface area contributed by atoms with E-state index in [0.717, 1.165) is 6.54 Å². The zero-order valence-electron chi connectivity index (χ0n) is 6.33. The molecule has 0 aromatic heterocycles. The molecular formula is C3H13NO5P2. The summed E-state index contributed by atoms with van der Waals surface area (Å²) in [6, 6.07) is 0. The molecule has 8 heteroatoms. The van der Waals surface area contributed by atoms with Crippen LogP contribution in [0.4, 0.5) is 0 Å². The average Bonchev–Trinajstić information content (AvgIpc) is 1.85. The fourth-order valence-corrected chi connectivity index (χ4v) is 0.672. The van der Waals surface area contributed by atoms with E-state index in [9.17, 15) is 9.13 Å².